The van der Waals surface area contributed by atoms with E-state index in [0.717, 1.165) is 6.42 Å². The number of fused-ring (bicyclic) bond motifs is 1. The summed E-state index contributed by atoms with van der Waals surface area (Å²) in [5, 5.41) is 0.617. The number of benzene rings is 1. The van der Waals surface area contributed by atoms with E-state index < -0.39 is 11.6 Å². The molecule has 0 unspecified atom stereocenters. The summed E-state index contributed by atoms with van der Waals surface area (Å²) >= 11 is 0. The van der Waals surface area contributed by atoms with Gasteiger partial charge in [-0.25, -0.2) is 9.59 Å². The second-order valence-electron chi connectivity index (χ2n) is 4.29. The highest BCUT2D eigenvalue weighted by Gasteiger charge is 2.14. The normalized spacial score (nSPS) is 10.1. The minimum Gasteiger partial charge on any atom is -0.493 e. The van der Waals surface area contributed by atoms with Gasteiger partial charge in [-0.05, 0) is 24.6 Å². The van der Waals surface area contributed by atoms with Crippen molar-refractivity contribution in [2.75, 3.05) is 13.7 Å². The fourth-order valence-electron chi connectivity index (χ4n) is 1.80. The predicted octanol–water partition coefficient (Wildman–Crippen LogP) is 2.37. The molecule has 0 N–H and O–H groups in total. The third-order valence-electron chi connectivity index (χ3n) is 2.85. The highest BCUT2D eigenvalue weighted by atomic mass is 16.5. The van der Waals surface area contributed by atoms with Gasteiger partial charge in [0.2, 0.25) is 0 Å². The largest absolute Gasteiger partial charge is 0.493 e. The van der Waals surface area contributed by atoms with Crippen LogP contribution in [0.15, 0.2) is 33.5 Å². The number of terminal acetylenes is 1. The van der Waals surface area contributed by atoms with Crippen LogP contribution in [-0.2, 0) is 4.74 Å². The molecule has 0 amide bonds. The van der Waals surface area contributed by atoms with Crippen LogP contribution in [0.2, 0.25) is 0 Å². The first-order valence-electron chi connectivity index (χ1n) is 6.38. The van der Waals surface area contributed by atoms with Crippen molar-refractivity contribution in [3.63, 3.8) is 0 Å². The van der Waals surface area contributed by atoms with E-state index >= 15 is 0 Å². The summed E-state index contributed by atoms with van der Waals surface area (Å²) in [5.41, 5.74) is -0.520. The number of hydrogen-bond acceptors (Lipinski definition) is 5. The number of carbonyl (C=O) groups is 1. The molecule has 0 aliphatic carbocycles. The van der Waals surface area contributed by atoms with Crippen LogP contribution in [0.1, 0.15) is 23.2 Å². The second kappa shape index (κ2) is 6.62. The van der Waals surface area contributed by atoms with Gasteiger partial charge in [-0.2, -0.15) is 0 Å². The van der Waals surface area contributed by atoms with Crippen LogP contribution in [0, 0.1) is 12.3 Å². The third kappa shape index (κ3) is 3.42. The van der Waals surface area contributed by atoms with Crippen molar-refractivity contribution < 1.29 is 18.7 Å². The average molecular weight is 286 g/mol. The van der Waals surface area contributed by atoms with Gasteiger partial charge in [0.1, 0.15) is 16.9 Å². The highest BCUT2D eigenvalue weighted by molar-refractivity contribution is 5.92. The van der Waals surface area contributed by atoms with Crippen molar-refractivity contribution in [1.82, 2.24) is 0 Å². The molecule has 108 valence electrons. The number of esters is 1. The standard InChI is InChI=1S/C16H14O5/c1-3-4-5-8-20-12-7-6-11-9-13(15(17)19-2)16(18)21-14(11)10-12/h1,6-7,9-10H,4-5,8H2,2H3. The maximum Gasteiger partial charge on any atom is 0.351 e. The fourth-order valence-corrected chi connectivity index (χ4v) is 1.80. The van der Waals surface area contributed by atoms with Gasteiger partial charge in [-0.3, -0.25) is 0 Å². The molecule has 0 radical (unpaired) electrons. The molecule has 2 rings (SSSR count). The lowest BCUT2D eigenvalue weighted by molar-refractivity contribution is 0.0596. The smallest absolute Gasteiger partial charge is 0.351 e. The molecule has 0 bridgehead atoms. The fraction of sp³-hybridized carbons (Fsp3) is 0.250. The van der Waals surface area contributed by atoms with Crippen LogP contribution in [-0.4, -0.2) is 19.7 Å². The topological polar surface area (TPSA) is 65.7 Å². The van der Waals surface area contributed by atoms with Crippen LogP contribution in [0.3, 0.4) is 0 Å². The first kappa shape index (κ1) is 14.7. The van der Waals surface area contributed by atoms with Crippen LogP contribution in [0.4, 0.5) is 0 Å². The number of rotatable bonds is 5. The van der Waals surface area contributed by atoms with E-state index in [9.17, 15) is 9.59 Å². The number of carbonyl (C=O) groups excluding carboxylic acids is 1. The van der Waals surface area contributed by atoms with Gasteiger partial charge in [0.05, 0.1) is 13.7 Å². The van der Waals surface area contributed by atoms with Crippen molar-refractivity contribution in [3.05, 3.63) is 40.2 Å². The van der Waals surface area contributed by atoms with Gasteiger partial charge < -0.3 is 13.9 Å². The molecule has 0 aliphatic rings. The molecular weight excluding hydrogens is 272 g/mol. The summed E-state index contributed by atoms with van der Waals surface area (Å²) in [6.45, 7) is 0.486. The minimum absolute atomic E-state index is 0.132. The van der Waals surface area contributed by atoms with Crippen molar-refractivity contribution in [2.24, 2.45) is 0 Å². The summed E-state index contributed by atoms with van der Waals surface area (Å²) < 4.78 is 15.1. The number of unbranched alkanes of at least 4 members (excludes halogenated alkanes) is 1. The van der Waals surface area contributed by atoms with Crippen LogP contribution in [0.25, 0.3) is 11.0 Å². The molecule has 0 spiro atoms. The monoisotopic (exact) mass is 286 g/mol. The SMILES string of the molecule is C#CCCCOc1ccc2cc(C(=O)OC)c(=O)oc2c1. The third-order valence-corrected chi connectivity index (χ3v) is 2.85. The van der Waals surface area contributed by atoms with Crippen molar-refractivity contribution in [2.45, 2.75) is 12.8 Å². The summed E-state index contributed by atoms with van der Waals surface area (Å²) in [5.74, 6) is 2.39. The minimum atomic E-state index is -0.737. The Morgan fingerprint density at radius 1 is 1.38 bits per heavy atom. The molecule has 0 aliphatic heterocycles. The van der Waals surface area contributed by atoms with Gasteiger partial charge in [0, 0.05) is 17.9 Å². The first-order valence-corrected chi connectivity index (χ1v) is 6.38. The molecule has 0 saturated heterocycles. The highest BCUT2D eigenvalue weighted by Crippen LogP contribution is 2.21. The average Bonchev–Trinajstić information content (AvgIpc) is 2.50. The number of methoxy groups -OCH3 is 1. The van der Waals surface area contributed by atoms with Crippen molar-refractivity contribution in [3.8, 4) is 18.1 Å². The Balaban J connectivity index is 2.26. The maximum absolute atomic E-state index is 11.7. The molecule has 0 atom stereocenters. The van der Waals surface area contributed by atoms with E-state index in [1.807, 2.05) is 0 Å². The molecule has 21 heavy (non-hydrogen) atoms. The van der Waals surface area contributed by atoms with Crippen molar-refractivity contribution >= 4 is 16.9 Å². The zero-order valence-electron chi connectivity index (χ0n) is 11.5. The Labute approximate surface area is 121 Å². The van der Waals surface area contributed by atoms with E-state index in [-0.39, 0.29) is 5.56 Å². The van der Waals surface area contributed by atoms with E-state index in [2.05, 4.69) is 10.7 Å². The van der Waals surface area contributed by atoms with Gasteiger partial charge in [0.15, 0.2) is 0 Å². The zero-order valence-corrected chi connectivity index (χ0v) is 11.5. The first-order chi connectivity index (χ1) is 10.2. The molecule has 1 heterocycles. The molecule has 0 saturated carbocycles. The summed E-state index contributed by atoms with van der Waals surface area (Å²) in [6.07, 6.45) is 6.55. The maximum atomic E-state index is 11.7. The van der Waals surface area contributed by atoms with Gasteiger partial charge >= 0.3 is 11.6 Å². The summed E-state index contributed by atoms with van der Waals surface area (Å²) in [6, 6.07) is 6.49. The van der Waals surface area contributed by atoms with E-state index in [1.54, 1.807) is 18.2 Å². The van der Waals surface area contributed by atoms with Crippen LogP contribution < -0.4 is 10.4 Å². The van der Waals surface area contributed by atoms with Gasteiger partial charge in [0.25, 0.3) is 0 Å². The van der Waals surface area contributed by atoms with Gasteiger partial charge in [-0.1, -0.05) is 0 Å². The van der Waals surface area contributed by atoms with Crippen LogP contribution in [0.5, 0.6) is 5.75 Å². The van der Waals surface area contributed by atoms with E-state index in [4.69, 9.17) is 15.6 Å². The lowest BCUT2D eigenvalue weighted by Gasteiger charge is -2.06. The Bertz CT molecular complexity index is 751. The molecule has 5 heteroatoms. The molecule has 0 fully saturated rings. The van der Waals surface area contributed by atoms with E-state index in [1.165, 1.54) is 13.2 Å². The van der Waals surface area contributed by atoms with Gasteiger partial charge in [-0.15, -0.1) is 12.3 Å². The number of ether oxygens (including phenoxy) is 2. The Morgan fingerprint density at radius 2 is 2.19 bits per heavy atom. The Kier molecular flexibility index (Phi) is 4.62. The molecule has 1 aromatic heterocycles. The second-order valence-corrected chi connectivity index (χ2v) is 4.29. The molecular formula is C16H14O5. The predicted molar refractivity (Wildman–Crippen MR) is 77.4 cm³/mol. The molecule has 5 nitrogen and oxygen atoms in total. The van der Waals surface area contributed by atoms with Crippen LogP contribution >= 0.6 is 0 Å². The lowest BCUT2D eigenvalue weighted by Crippen LogP contribution is -2.14. The quantitative estimate of drug-likeness (QED) is 0.365. The van der Waals surface area contributed by atoms with E-state index in [0.29, 0.717) is 29.7 Å². The molecule has 2 aromatic rings. The number of hydrogen-bond donors (Lipinski definition) is 0. The zero-order chi connectivity index (χ0) is 15.2. The summed E-state index contributed by atoms with van der Waals surface area (Å²) in [4.78, 5) is 23.1. The summed E-state index contributed by atoms with van der Waals surface area (Å²) in [7, 11) is 1.21. The lowest BCUT2D eigenvalue weighted by atomic mass is 10.2. The van der Waals surface area contributed by atoms with Crippen molar-refractivity contribution in [1.29, 1.82) is 0 Å². The Hall–Kier alpha value is -2.74. The molecule has 1 aromatic carbocycles. The Morgan fingerprint density at radius 3 is 2.90 bits per heavy atom.